The van der Waals surface area contributed by atoms with Crippen LogP contribution < -0.4 is 10.0 Å². The fourth-order valence-electron chi connectivity index (χ4n) is 1.39. The molecule has 1 rings (SSSR count). The normalized spacial score (nSPS) is 10.9. The zero-order valence-corrected chi connectivity index (χ0v) is 12.0. The molecule has 0 spiro atoms. The van der Waals surface area contributed by atoms with Crippen molar-refractivity contribution in [1.29, 1.82) is 0 Å². The molecule has 0 atom stereocenters. The number of carbonyl (C=O) groups excluding carboxylic acids is 2. The van der Waals surface area contributed by atoms with Crippen molar-refractivity contribution in [2.45, 2.75) is 11.8 Å². The van der Waals surface area contributed by atoms with Crippen molar-refractivity contribution in [2.24, 2.45) is 0 Å². The highest BCUT2D eigenvalue weighted by Gasteiger charge is 2.14. The fourth-order valence-corrected chi connectivity index (χ4v) is 2.43. The Morgan fingerprint density at radius 2 is 1.80 bits per heavy atom. The van der Waals surface area contributed by atoms with Gasteiger partial charge in [0, 0.05) is 12.1 Å². The van der Waals surface area contributed by atoms with Crippen molar-refractivity contribution in [2.75, 3.05) is 20.2 Å². The third-order valence-corrected chi connectivity index (χ3v) is 3.94. The monoisotopic (exact) mass is 300 g/mol. The molecule has 2 N–H and O–H groups in total. The number of methoxy groups -OCH3 is 1. The molecule has 0 aliphatic carbocycles. The van der Waals surface area contributed by atoms with Gasteiger partial charge in [-0.25, -0.2) is 13.1 Å². The van der Waals surface area contributed by atoms with E-state index in [1.807, 2.05) is 0 Å². The molecule has 7 nitrogen and oxygen atoms in total. The second-order valence-electron chi connectivity index (χ2n) is 3.78. The van der Waals surface area contributed by atoms with E-state index in [-0.39, 0.29) is 23.5 Å². The zero-order valence-electron chi connectivity index (χ0n) is 11.2. The molecule has 0 saturated heterocycles. The quantitative estimate of drug-likeness (QED) is 0.714. The number of ether oxygens (including phenoxy) is 1. The number of hydrogen-bond acceptors (Lipinski definition) is 5. The number of sulfonamides is 1. The van der Waals surface area contributed by atoms with E-state index in [0.717, 1.165) is 0 Å². The summed E-state index contributed by atoms with van der Waals surface area (Å²) in [5.74, 6) is -1.05. The molecule has 0 fully saturated rings. The summed E-state index contributed by atoms with van der Waals surface area (Å²) in [6.07, 6.45) is 0. The van der Waals surface area contributed by atoms with Crippen LogP contribution in [0.4, 0.5) is 0 Å². The minimum atomic E-state index is -3.54. The fraction of sp³-hybridized carbons (Fsp3) is 0.333. The number of amides is 1. The second kappa shape index (κ2) is 7.01. The lowest BCUT2D eigenvalue weighted by molar-refractivity contribution is -0.139. The van der Waals surface area contributed by atoms with Crippen LogP contribution in [0.1, 0.15) is 17.3 Å². The molecule has 0 aliphatic heterocycles. The van der Waals surface area contributed by atoms with E-state index < -0.39 is 21.9 Å². The van der Waals surface area contributed by atoms with E-state index in [1.54, 1.807) is 6.92 Å². The van der Waals surface area contributed by atoms with Gasteiger partial charge < -0.3 is 10.1 Å². The highest BCUT2D eigenvalue weighted by molar-refractivity contribution is 7.89. The summed E-state index contributed by atoms with van der Waals surface area (Å²) in [6, 6.07) is 5.39. The average molecular weight is 300 g/mol. The van der Waals surface area contributed by atoms with Gasteiger partial charge in [-0.3, -0.25) is 9.59 Å². The van der Waals surface area contributed by atoms with Crippen molar-refractivity contribution in [3.8, 4) is 0 Å². The Hall–Kier alpha value is -1.93. The summed E-state index contributed by atoms with van der Waals surface area (Å²) in [5.41, 5.74) is 0.254. The van der Waals surface area contributed by atoms with Gasteiger partial charge in [0.2, 0.25) is 10.0 Å². The van der Waals surface area contributed by atoms with Crippen LogP contribution in [-0.4, -0.2) is 40.5 Å². The number of rotatable bonds is 6. The molecule has 1 aromatic rings. The van der Waals surface area contributed by atoms with E-state index in [0.29, 0.717) is 0 Å². The molecular weight excluding hydrogens is 284 g/mol. The van der Waals surface area contributed by atoms with Crippen LogP contribution in [0, 0.1) is 0 Å². The number of hydrogen-bond donors (Lipinski definition) is 2. The molecule has 0 bridgehead atoms. The minimum absolute atomic E-state index is 0.0730. The topological polar surface area (TPSA) is 102 Å². The molecule has 8 heteroatoms. The number of nitrogens with one attached hydrogen (secondary N) is 2. The van der Waals surface area contributed by atoms with Crippen molar-refractivity contribution >= 4 is 21.9 Å². The van der Waals surface area contributed by atoms with Crippen LogP contribution in [0.3, 0.4) is 0 Å². The lowest BCUT2D eigenvalue weighted by atomic mass is 10.2. The largest absolute Gasteiger partial charge is 0.468 e. The molecule has 0 aromatic heterocycles. The first kappa shape index (κ1) is 16.1. The van der Waals surface area contributed by atoms with Crippen LogP contribution in [0.15, 0.2) is 29.2 Å². The number of benzene rings is 1. The van der Waals surface area contributed by atoms with E-state index in [2.05, 4.69) is 14.8 Å². The summed E-state index contributed by atoms with van der Waals surface area (Å²) < 4.78 is 30.1. The Bertz CT molecular complexity index is 580. The molecule has 0 heterocycles. The minimum Gasteiger partial charge on any atom is -0.468 e. The van der Waals surface area contributed by atoms with Crippen LogP contribution in [0.5, 0.6) is 0 Å². The third kappa shape index (κ3) is 4.32. The van der Waals surface area contributed by atoms with E-state index in [4.69, 9.17) is 0 Å². The summed E-state index contributed by atoms with van der Waals surface area (Å²) in [6.45, 7) is 1.71. The first-order chi connectivity index (χ1) is 9.40. The van der Waals surface area contributed by atoms with Crippen LogP contribution in [0.25, 0.3) is 0 Å². The number of esters is 1. The van der Waals surface area contributed by atoms with Gasteiger partial charge in [-0.2, -0.15) is 0 Å². The maximum atomic E-state index is 11.7. The summed E-state index contributed by atoms with van der Waals surface area (Å²) in [4.78, 5) is 22.6. The highest BCUT2D eigenvalue weighted by Crippen LogP contribution is 2.10. The van der Waals surface area contributed by atoms with Crippen LogP contribution in [-0.2, 0) is 19.6 Å². The molecule has 1 aromatic carbocycles. The predicted molar refractivity (Wildman–Crippen MR) is 71.7 cm³/mol. The molecular formula is C12H16N2O5S. The van der Waals surface area contributed by atoms with Gasteiger partial charge in [0.15, 0.2) is 0 Å². The van der Waals surface area contributed by atoms with Gasteiger partial charge in [-0.1, -0.05) is 6.92 Å². The molecule has 0 unspecified atom stereocenters. The molecule has 1 amide bonds. The Kier molecular flexibility index (Phi) is 5.66. The van der Waals surface area contributed by atoms with Gasteiger partial charge in [0.1, 0.15) is 6.54 Å². The van der Waals surface area contributed by atoms with Crippen molar-refractivity contribution in [1.82, 2.24) is 10.0 Å². The van der Waals surface area contributed by atoms with Crippen molar-refractivity contribution in [3.63, 3.8) is 0 Å². The summed E-state index contributed by atoms with van der Waals surface area (Å²) in [7, 11) is -2.32. The maximum absolute atomic E-state index is 11.7. The standard InChI is InChI=1S/C12H16N2O5S/c1-3-14-20(17,18)10-6-4-9(5-7-10)12(16)13-8-11(15)19-2/h4-7,14H,3,8H2,1-2H3,(H,13,16). The van der Waals surface area contributed by atoms with Gasteiger partial charge in [0.05, 0.1) is 12.0 Å². The van der Waals surface area contributed by atoms with E-state index in [9.17, 15) is 18.0 Å². The molecule has 110 valence electrons. The van der Waals surface area contributed by atoms with Gasteiger partial charge in [-0.05, 0) is 24.3 Å². The van der Waals surface area contributed by atoms with Crippen LogP contribution >= 0.6 is 0 Å². The van der Waals surface area contributed by atoms with E-state index >= 15 is 0 Å². The highest BCUT2D eigenvalue weighted by atomic mass is 32.2. The van der Waals surface area contributed by atoms with Crippen LogP contribution in [0.2, 0.25) is 0 Å². The second-order valence-corrected chi connectivity index (χ2v) is 5.55. The zero-order chi connectivity index (χ0) is 15.2. The molecule has 20 heavy (non-hydrogen) atoms. The molecule has 0 radical (unpaired) electrons. The maximum Gasteiger partial charge on any atom is 0.325 e. The number of carbonyl (C=O) groups is 2. The predicted octanol–water partition coefficient (Wildman–Crippen LogP) is -0.112. The Balaban J connectivity index is 2.76. The van der Waals surface area contributed by atoms with Gasteiger partial charge >= 0.3 is 5.97 Å². The van der Waals surface area contributed by atoms with Gasteiger partial charge in [0.25, 0.3) is 5.91 Å². The summed E-state index contributed by atoms with van der Waals surface area (Å²) >= 11 is 0. The molecule has 0 saturated carbocycles. The first-order valence-corrected chi connectivity index (χ1v) is 7.33. The Labute approximate surface area is 117 Å². The van der Waals surface area contributed by atoms with Gasteiger partial charge in [-0.15, -0.1) is 0 Å². The Morgan fingerprint density at radius 1 is 1.20 bits per heavy atom. The van der Waals surface area contributed by atoms with Crippen molar-refractivity contribution < 1.29 is 22.7 Å². The third-order valence-electron chi connectivity index (χ3n) is 2.38. The molecule has 0 aliphatic rings. The van der Waals surface area contributed by atoms with Crippen molar-refractivity contribution in [3.05, 3.63) is 29.8 Å². The average Bonchev–Trinajstić information content (AvgIpc) is 2.44. The lowest BCUT2D eigenvalue weighted by Gasteiger charge is -2.06. The Morgan fingerprint density at radius 3 is 2.30 bits per heavy atom. The summed E-state index contributed by atoms with van der Waals surface area (Å²) in [5, 5.41) is 2.35. The SMILES string of the molecule is CCNS(=O)(=O)c1ccc(C(=O)NCC(=O)OC)cc1. The lowest BCUT2D eigenvalue weighted by Crippen LogP contribution is -2.30. The first-order valence-electron chi connectivity index (χ1n) is 5.85. The van der Waals surface area contributed by atoms with E-state index in [1.165, 1.54) is 31.4 Å². The smallest absolute Gasteiger partial charge is 0.325 e.